The van der Waals surface area contributed by atoms with Gasteiger partial charge in [0.1, 0.15) is 6.10 Å². The monoisotopic (exact) mass is 510 g/mol. The van der Waals surface area contributed by atoms with Gasteiger partial charge in [0.15, 0.2) is 5.96 Å². The summed E-state index contributed by atoms with van der Waals surface area (Å²) < 4.78 is 10.1. The largest absolute Gasteiger partial charge is 0.469 e. The normalized spacial score (nSPS) is 19.9. The van der Waals surface area contributed by atoms with Gasteiger partial charge in [-0.1, -0.05) is 12.8 Å². The minimum atomic E-state index is -0.229. The van der Waals surface area contributed by atoms with E-state index in [0.29, 0.717) is 26.1 Å². The first-order valence-electron chi connectivity index (χ1n) is 10.1. The molecule has 0 aromatic rings. The first-order chi connectivity index (χ1) is 13.2. The van der Waals surface area contributed by atoms with E-state index in [1.807, 2.05) is 4.90 Å². The number of guanidine groups is 1. The number of methoxy groups -OCH3 is 1. The Balaban J connectivity index is 0.00000392. The van der Waals surface area contributed by atoms with Crippen molar-refractivity contribution in [3.63, 3.8) is 0 Å². The number of ether oxygens (including phenoxy) is 2. The molecule has 0 aromatic heterocycles. The first-order valence-corrected chi connectivity index (χ1v) is 10.1. The SMILES string of the molecule is CN=C(NCCCCCCC(=O)OC)N1CCN(C(=O)C2CCCO2)CC1.I. The summed E-state index contributed by atoms with van der Waals surface area (Å²) >= 11 is 0. The van der Waals surface area contributed by atoms with E-state index in [9.17, 15) is 9.59 Å². The third-order valence-corrected chi connectivity index (χ3v) is 5.13. The Morgan fingerprint density at radius 1 is 1.11 bits per heavy atom. The molecular weight excluding hydrogens is 475 g/mol. The second kappa shape index (κ2) is 14.0. The van der Waals surface area contributed by atoms with Gasteiger partial charge in [0.25, 0.3) is 5.91 Å². The molecule has 2 fully saturated rings. The molecule has 0 aliphatic carbocycles. The van der Waals surface area contributed by atoms with Gasteiger partial charge in [0, 0.05) is 52.8 Å². The highest BCUT2D eigenvalue weighted by Gasteiger charge is 2.30. The van der Waals surface area contributed by atoms with Crippen LogP contribution in [0.2, 0.25) is 0 Å². The minimum absolute atomic E-state index is 0. The van der Waals surface area contributed by atoms with E-state index >= 15 is 0 Å². The van der Waals surface area contributed by atoms with Crippen LogP contribution in [0.1, 0.15) is 44.9 Å². The van der Waals surface area contributed by atoms with Gasteiger partial charge in [0.2, 0.25) is 0 Å². The van der Waals surface area contributed by atoms with E-state index in [1.165, 1.54) is 7.11 Å². The highest BCUT2D eigenvalue weighted by Crippen LogP contribution is 2.16. The van der Waals surface area contributed by atoms with Crippen LogP contribution in [0.25, 0.3) is 0 Å². The number of hydrogen-bond acceptors (Lipinski definition) is 5. The van der Waals surface area contributed by atoms with Crippen molar-refractivity contribution in [2.24, 2.45) is 4.99 Å². The molecule has 1 N–H and O–H groups in total. The Labute approximate surface area is 185 Å². The molecule has 2 aliphatic rings. The number of nitrogens with zero attached hydrogens (tertiary/aromatic N) is 3. The van der Waals surface area contributed by atoms with E-state index in [4.69, 9.17) is 4.74 Å². The zero-order chi connectivity index (χ0) is 19.5. The Hall–Kier alpha value is -1.10. The van der Waals surface area contributed by atoms with Gasteiger partial charge in [-0.2, -0.15) is 0 Å². The summed E-state index contributed by atoms with van der Waals surface area (Å²) in [5, 5.41) is 3.41. The maximum atomic E-state index is 12.4. The van der Waals surface area contributed by atoms with Crippen molar-refractivity contribution in [1.29, 1.82) is 0 Å². The van der Waals surface area contributed by atoms with Gasteiger partial charge in [-0.15, -0.1) is 24.0 Å². The summed E-state index contributed by atoms with van der Waals surface area (Å²) in [6, 6.07) is 0. The number of rotatable bonds is 8. The van der Waals surface area contributed by atoms with Crippen LogP contribution in [0.3, 0.4) is 0 Å². The summed E-state index contributed by atoms with van der Waals surface area (Å²) in [6.45, 7) is 4.57. The zero-order valence-electron chi connectivity index (χ0n) is 17.2. The first kappa shape index (κ1) is 24.9. The lowest BCUT2D eigenvalue weighted by Crippen LogP contribution is -2.55. The molecule has 2 saturated heterocycles. The van der Waals surface area contributed by atoms with Crippen molar-refractivity contribution in [2.75, 3.05) is 53.5 Å². The Morgan fingerprint density at radius 3 is 2.39 bits per heavy atom. The number of hydrogen-bond donors (Lipinski definition) is 1. The van der Waals surface area contributed by atoms with E-state index in [0.717, 1.165) is 64.1 Å². The Kier molecular flexibility index (Phi) is 12.4. The summed E-state index contributed by atoms with van der Waals surface area (Å²) in [7, 11) is 3.22. The molecule has 28 heavy (non-hydrogen) atoms. The number of carbonyl (C=O) groups excluding carboxylic acids is 2. The van der Waals surface area contributed by atoms with Gasteiger partial charge in [-0.3, -0.25) is 14.6 Å². The molecule has 0 aromatic carbocycles. The fourth-order valence-electron chi connectivity index (χ4n) is 3.50. The molecule has 8 nitrogen and oxygen atoms in total. The lowest BCUT2D eigenvalue weighted by atomic mass is 10.1. The average molecular weight is 510 g/mol. The molecule has 1 atom stereocenters. The molecule has 0 spiro atoms. The average Bonchev–Trinajstić information content (AvgIpc) is 3.24. The van der Waals surface area contributed by atoms with Gasteiger partial charge in [0.05, 0.1) is 7.11 Å². The number of halogens is 1. The second-order valence-corrected chi connectivity index (χ2v) is 7.03. The third-order valence-electron chi connectivity index (χ3n) is 5.13. The Morgan fingerprint density at radius 2 is 1.79 bits per heavy atom. The number of carbonyl (C=O) groups is 2. The zero-order valence-corrected chi connectivity index (χ0v) is 19.5. The highest BCUT2D eigenvalue weighted by atomic mass is 127. The molecule has 0 saturated carbocycles. The van der Waals surface area contributed by atoms with Gasteiger partial charge < -0.3 is 24.6 Å². The maximum Gasteiger partial charge on any atom is 0.305 e. The van der Waals surface area contributed by atoms with Crippen LogP contribution in [-0.4, -0.2) is 87.2 Å². The van der Waals surface area contributed by atoms with Crippen LogP contribution in [0.5, 0.6) is 0 Å². The minimum Gasteiger partial charge on any atom is -0.469 e. The number of aliphatic imine (C=N–C) groups is 1. The molecule has 2 heterocycles. The predicted octanol–water partition coefficient (Wildman–Crippen LogP) is 1.63. The van der Waals surface area contributed by atoms with Crippen LogP contribution in [0.15, 0.2) is 4.99 Å². The van der Waals surface area contributed by atoms with Crippen molar-refractivity contribution in [2.45, 2.75) is 51.0 Å². The van der Waals surface area contributed by atoms with Crippen LogP contribution >= 0.6 is 24.0 Å². The number of esters is 1. The second-order valence-electron chi connectivity index (χ2n) is 7.03. The molecule has 2 aliphatic heterocycles. The van der Waals surface area contributed by atoms with Crippen LogP contribution in [0.4, 0.5) is 0 Å². The molecule has 1 unspecified atom stereocenters. The highest BCUT2D eigenvalue weighted by molar-refractivity contribution is 14.0. The quantitative estimate of drug-likeness (QED) is 0.176. The predicted molar refractivity (Wildman–Crippen MR) is 119 cm³/mol. The number of piperazine rings is 1. The van der Waals surface area contributed by atoms with Gasteiger partial charge in [-0.05, 0) is 25.7 Å². The molecule has 162 valence electrons. The third kappa shape index (κ3) is 8.10. The summed E-state index contributed by atoms with van der Waals surface area (Å²) in [4.78, 5) is 32.0. The topological polar surface area (TPSA) is 83.5 Å². The molecule has 2 rings (SSSR count). The van der Waals surface area contributed by atoms with E-state index in [-0.39, 0.29) is 42.0 Å². The van der Waals surface area contributed by atoms with Crippen LogP contribution in [0, 0.1) is 0 Å². The summed E-state index contributed by atoms with van der Waals surface area (Å²) in [6.07, 6.45) is 6.12. The summed E-state index contributed by atoms with van der Waals surface area (Å²) in [5.74, 6) is 0.904. The molecule has 1 amide bonds. The van der Waals surface area contributed by atoms with Crippen molar-refractivity contribution < 1.29 is 19.1 Å². The van der Waals surface area contributed by atoms with Crippen molar-refractivity contribution in [3.05, 3.63) is 0 Å². The van der Waals surface area contributed by atoms with Crippen molar-refractivity contribution >= 4 is 41.8 Å². The van der Waals surface area contributed by atoms with E-state index in [1.54, 1.807) is 7.05 Å². The molecule has 0 radical (unpaired) electrons. The molecule has 9 heteroatoms. The Bertz CT molecular complexity index is 504. The maximum absolute atomic E-state index is 12.4. The van der Waals surface area contributed by atoms with Crippen LogP contribution < -0.4 is 5.32 Å². The van der Waals surface area contributed by atoms with E-state index < -0.39 is 0 Å². The lowest BCUT2D eigenvalue weighted by molar-refractivity contribution is -0.142. The van der Waals surface area contributed by atoms with Crippen molar-refractivity contribution in [1.82, 2.24) is 15.1 Å². The molecular formula is C19H35IN4O4. The fourth-order valence-corrected chi connectivity index (χ4v) is 3.50. The smallest absolute Gasteiger partial charge is 0.305 e. The van der Waals surface area contributed by atoms with E-state index in [2.05, 4.69) is 19.9 Å². The summed E-state index contributed by atoms with van der Waals surface area (Å²) in [5.41, 5.74) is 0. The lowest BCUT2D eigenvalue weighted by Gasteiger charge is -2.37. The fraction of sp³-hybridized carbons (Fsp3) is 0.842. The van der Waals surface area contributed by atoms with Crippen molar-refractivity contribution in [3.8, 4) is 0 Å². The number of unbranched alkanes of at least 4 members (excludes halogenated alkanes) is 3. The molecule has 0 bridgehead atoms. The standard InChI is InChI=1S/C19H34N4O4.HI/c1-20-19(21-10-6-4-3-5-9-17(24)26-2)23-13-11-22(12-14-23)18(25)16-8-7-15-27-16;/h16H,3-15H2,1-2H3,(H,20,21);1H. The van der Waals surface area contributed by atoms with Gasteiger partial charge >= 0.3 is 5.97 Å². The van der Waals surface area contributed by atoms with Gasteiger partial charge in [-0.25, -0.2) is 0 Å². The number of nitrogens with one attached hydrogen (secondary N) is 1. The van der Waals surface area contributed by atoms with Crippen LogP contribution in [-0.2, 0) is 19.1 Å². The number of amides is 1.